The number of aryl methyl sites for hydroxylation is 1. The van der Waals surface area contributed by atoms with E-state index in [9.17, 15) is 0 Å². The molecule has 1 aromatic rings. The van der Waals surface area contributed by atoms with Crippen molar-refractivity contribution in [3.63, 3.8) is 0 Å². The van der Waals surface area contributed by atoms with Crippen molar-refractivity contribution in [1.82, 2.24) is 9.80 Å². The van der Waals surface area contributed by atoms with E-state index < -0.39 is 0 Å². The van der Waals surface area contributed by atoms with Gasteiger partial charge in [0.05, 0.1) is 0 Å². The fourth-order valence-corrected chi connectivity index (χ4v) is 6.12. The van der Waals surface area contributed by atoms with E-state index in [1.165, 1.54) is 76.7 Å². The van der Waals surface area contributed by atoms with Crippen molar-refractivity contribution < 1.29 is 0 Å². The Morgan fingerprint density at radius 1 is 1.05 bits per heavy atom. The van der Waals surface area contributed by atoms with Gasteiger partial charge in [0.15, 0.2) is 0 Å². The van der Waals surface area contributed by atoms with Gasteiger partial charge in [0.2, 0.25) is 0 Å². The monoisotopic (exact) mass is 318 g/mol. The fraction of sp³-hybridized carbons (Fsp3) is 0.789. The highest BCUT2D eigenvalue weighted by Crippen LogP contribution is 2.38. The molecule has 1 saturated carbocycles. The Morgan fingerprint density at radius 3 is 2.68 bits per heavy atom. The number of hydrogen-bond donors (Lipinski definition) is 0. The minimum atomic E-state index is 0.832. The average molecular weight is 319 g/mol. The van der Waals surface area contributed by atoms with Crippen LogP contribution in [0, 0.1) is 12.8 Å². The molecule has 1 aromatic heterocycles. The maximum absolute atomic E-state index is 2.88. The van der Waals surface area contributed by atoms with Crippen molar-refractivity contribution in [2.24, 2.45) is 5.92 Å². The molecule has 3 fully saturated rings. The number of nitrogens with zero attached hydrogens (tertiary/aromatic N) is 2. The lowest BCUT2D eigenvalue weighted by Gasteiger charge is -2.49. The van der Waals surface area contributed by atoms with Crippen LogP contribution in [0.3, 0.4) is 0 Å². The van der Waals surface area contributed by atoms with E-state index in [4.69, 9.17) is 0 Å². The molecule has 122 valence electrons. The lowest BCUT2D eigenvalue weighted by atomic mass is 9.78. The summed E-state index contributed by atoms with van der Waals surface area (Å²) in [5.41, 5.74) is 1.50. The van der Waals surface area contributed by atoms with E-state index in [1.54, 1.807) is 4.88 Å². The SMILES string of the molecule is Cc1ccsc1CN1CCN2CCC[C@H]2[C@H]1C1CCCCC1. The highest BCUT2D eigenvalue weighted by Gasteiger charge is 2.42. The molecule has 2 saturated heterocycles. The summed E-state index contributed by atoms with van der Waals surface area (Å²) < 4.78 is 0. The van der Waals surface area contributed by atoms with Gasteiger partial charge >= 0.3 is 0 Å². The van der Waals surface area contributed by atoms with Crippen LogP contribution in [-0.4, -0.2) is 41.5 Å². The molecule has 22 heavy (non-hydrogen) atoms. The van der Waals surface area contributed by atoms with Gasteiger partial charge in [-0.2, -0.15) is 0 Å². The Labute approximate surface area is 139 Å². The van der Waals surface area contributed by atoms with Gasteiger partial charge in [-0.3, -0.25) is 9.80 Å². The van der Waals surface area contributed by atoms with Gasteiger partial charge < -0.3 is 0 Å². The molecule has 4 rings (SSSR count). The van der Waals surface area contributed by atoms with Crippen LogP contribution in [0.1, 0.15) is 55.4 Å². The Morgan fingerprint density at radius 2 is 1.91 bits per heavy atom. The predicted octanol–water partition coefficient (Wildman–Crippen LogP) is 4.29. The summed E-state index contributed by atoms with van der Waals surface area (Å²) in [6, 6.07) is 3.98. The lowest BCUT2D eigenvalue weighted by molar-refractivity contribution is -0.00333. The van der Waals surface area contributed by atoms with Crippen LogP contribution in [0.2, 0.25) is 0 Å². The van der Waals surface area contributed by atoms with Gasteiger partial charge in [-0.1, -0.05) is 19.3 Å². The Bertz CT molecular complexity index is 491. The quantitative estimate of drug-likeness (QED) is 0.820. The van der Waals surface area contributed by atoms with E-state index in [0.717, 1.165) is 18.0 Å². The largest absolute Gasteiger partial charge is 0.298 e. The Hall–Kier alpha value is -0.380. The predicted molar refractivity (Wildman–Crippen MR) is 94.4 cm³/mol. The highest BCUT2D eigenvalue weighted by molar-refractivity contribution is 7.10. The molecule has 3 heteroatoms. The molecule has 2 atom stereocenters. The molecular weight excluding hydrogens is 288 g/mol. The second kappa shape index (κ2) is 6.62. The van der Waals surface area contributed by atoms with Crippen molar-refractivity contribution in [2.45, 2.75) is 70.5 Å². The Balaban J connectivity index is 1.55. The summed E-state index contributed by atoms with van der Waals surface area (Å²) in [6.07, 6.45) is 10.3. The average Bonchev–Trinajstić information content (AvgIpc) is 3.17. The summed E-state index contributed by atoms with van der Waals surface area (Å²) in [7, 11) is 0. The van der Waals surface area contributed by atoms with Crippen molar-refractivity contribution in [3.05, 3.63) is 21.9 Å². The minimum Gasteiger partial charge on any atom is -0.298 e. The van der Waals surface area contributed by atoms with E-state index in [-0.39, 0.29) is 0 Å². The van der Waals surface area contributed by atoms with Crippen LogP contribution < -0.4 is 0 Å². The zero-order valence-corrected chi connectivity index (χ0v) is 14.8. The maximum Gasteiger partial charge on any atom is 0.0334 e. The van der Waals surface area contributed by atoms with Gasteiger partial charge in [0.25, 0.3) is 0 Å². The molecule has 0 aromatic carbocycles. The smallest absolute Gasteiger partial charge is 0.0334 e. The van der Waals surface area contributed by atoms with Gasteiger partial charge in [-0.05, 0) is 62.1 Å². The van der Waals surface area contributed by atoms with Crippen molar-refractivity contribution in [1.29, 1.82) is 0 Å². The van der Waals surface area contributed by atoms with Crippen LogP contribution in [0.4, 0.5) is 0 Å². The topological polar surface area (TPSA) is 6.48 Å². The van der Waals surface area contributed by atoms with E-state index in [0.29, 0.717) is 0 Å². The van der Waals surface area contributed by atoms with Gasteiger partial charge in [0.1, 0.15) is 0 Å². The molecule has 2 nitrogen and oxygen atoms in total. The van der Waals surface area contributed by atoms with Crippen molar-refractivity contribution >= 4 is 11.3 Å². The third-order valence-electron chi connectivity index (χ3n) is 6.35. The van der Waals surface area contributed by atoms with Crippen LogP contribution in [0.5, 0.6) is 0 Å². The zero-order valence-electron chi connectivity index (χ0n) is 14.0. The highest BCUT2D eigenvalue weighted by atomic mass is 32.1. The maximum atomic E-state index is 2.88. The summed E-state index contributed by atoms with van der Waals surface area (Å²) in [6.45, 7) is 7.44. The molecule has 0 amide bonds. The Kier molecular flexibility index (Phi) is 4.57. The number of piperazine rings is 1. The van der Waals surface area contributed by atoms with Crippen molar-refractivity contribution in [3.8, 4) is 0 Å². The first kappa shape index (κ1) is 15.2. The number of hydrogen-bond acceptors (Lipinski definition) is 3. The third-order valence-corrected chi connectivity index (χ3v) is 7.36. The van der Waals surface area contributed by atoms with Gasteiger partial charge in [-0.25, -0.2) is 0 Å². The second-order valence-corrected chi connectivity index (χ2v) is 8.63. The third kappa shape index (κ3) is 2.88. The first-order valence-electron chi connectivity index (χ1n) is 9.34. The molecule has 3 heterocycles. The number of rotatable bonds is 3. The summed E-state index contributed by atoms with van der Waals surface area (Å²) in [5, 5.41) is 2.27. The van der Waals surface area contributed by atoms with Crippen LogP contribution in [0.25, 0.3) is 0 Å². The number of fused-ring (bicyclic) bond motifs is 1. The summed E-state index contributed by atoms with van der Waals surface area (Å²) in [4.78, 5) is 7.30. The lowest BCUT2D eigenvalue weighted by Crippen LogP contribution is -2.59. The molecule has 0 N–H and O–H groups in total. The second-order valence-electron chi connectivity index (χ2n) is 7.63. The molecular formula is C19H30N2S. The molecule has 1 aliphatic carbocycles. The fourth-order valence-electron chi connectivity index (χ4n) is 5.19. The van der Waals surface area contributed by atoms with Gasteiger partial charge in [0, 0.05) is 36.6 Å². The molecule has 3 aliphatic rings. The zero-order chi connectivity index (χ0) is 14.9. The van der Waals surface area contributed by atoms with E-state index in [1.807, 2.05) is 11.3 Å². The van der Waals surface area contributed by atoms with Crippen LogP contribution in [-0.2, 0) is 6.54 Å². The molecule has 0 spiro atoms. The first-order chi connectivity index (χ1) is 10.8. The molecule has 0 bridgehead atoms. The molecule has 0 radical (unpaired) electrons. The van der Waals surface area contributed by atoms with Crippen molar-refractivity contribution in [2.75, 3.05) is 19.6 Å². The molecule has 0 unspecified atom stereocenters. The summed E-state index contributed by atoms with van der Waals surface area (Å²) in [5.74, 6) is 0.958. The van der Waals surface area contributed by atoms with E-state index in [2.05, 4.69) is 28.2 Å². The number of thiophene rings is 1. The standard InChI is InChI=1S/C19H30N2S/c1-15-9-13-22-18(15)14-21-12-11-20-10-5-8-17(20)19(21)16-6-3-2-4-7-16/h9,13,16-17,19H,2-8,10-12,14H2,1H3/t17-,19+/m0/s1. The van der Waals surface area contributed by atoms with Crippen LogP contribution in [0.15, 0.2) is 11.4 Å². The first-order valence-corrected chi connectivity index (χ1v) is 10.2. The van der Waals surface area contributed by atoms with Crippen LogP contribution >= 0.6 is 11.3 Å². The molecule has 2 aliphatic heterocycles. The normalized spacial score (nSPS) is 31.5. The minimum absolute atomic E-state index is 0.832. The summed E-state index contributed by atoms with van der Waals surface area (Å²) >= 11 is 1.96. The van der Waals surface area contributed by atoms with Gasteiger partial charge in [-0.15, -0.1) is 11.3 Å². The van der Waals surface area contributed by atoms with E-state index >= 15 is 0 Å².